The molecule has 0 aliphatic rings. The third-order valence-corrected chi connectivity index (χ3v) is 6.79. The zero-order chi connectivity index (χ0) is 15.0. The minimum Gasteiger partial charge on any atom is -0.465 e. The van der Waals surface area contributed by atoms with Gasteiger partial charge in [0.15, 0.2) is 0 Å². The number of esters is 1. The molecule has 1 atom stereocenters. The van der Waals surface area contributed by atoms with Crippen molar-refractivity contribution in [2.45, 2.75) is 38.5 Å². The number of ether oxygens (including phenoxy) is 1. The van der Waals surface area contributed by atoms with E-state index in [1.54, 1.807) is 0 Å². The molecule has 1 aromatic rings. The summed E-state index contributed by atoms with van der Waals surface area (Å²) in [5, 5.41) is 5.10. The van der Waals surface area contributed by atoms with Crippen LogP contribution in [-0.2, 0) is 9.53 Å². The van der Waals surface area contributed by atoms with Gasteiger partial charge in [0.1, 0.15) is 0 Å². The van der Waals surface area contributed by atoms with Gasteiger partial charge >= 0.3 is 5.97 Å². The average molecular weight is 291 g/mol. The van der Waals surface area contributed by atoms with Crippen LogP contribution >= 0.6 is 0 Å². The van der Waals surface area contributed by atoms with Gasteiger partial charge in [0.05, 0.1) is 20.7 Å². The van der Waals surface area contributed by atoms with Gasteiger partial charge in [-0.15, -0.1) is 0 Å². The number of hydrogen-bond acceptors (Lipinski definition) is 3. The monoisotopic (exact) mass is 291 g/mol. The molecule has 108 valence electrons. The molecule has 0 heterocycles. The summed E-state index contributed by atoms with van der Waals surface area (Å²) < 4.78 is 4.94. The maximum absolute atomic E-state index is 10.8. The summed E-state index contributed by atoms with van der Waals surface area (Å²) in [6.07, 6.45) is 0.742. The number of carbonyl (C=O) groups excluding carboxylic acids is 1. The number of rotatable bonds is 7. The van der Waals surface area contributed by atoms with Crippen molar-refractivity contribution in [1.82, 2.24) is 0 Å². The van der Waals surface area contributed by atoms with E-state index in [0.29, 0.717) is 0 Å². The van der Waals surface area contributed by atoms with Crippen molar-refractivity contribution >= 4 is 19.2 Å². The lowest BCUT2D eigenvalue weighted by atomic mass is 10.2. The second kappa shape index (κ2) is 7.72. The third kappa shape index (κ3) is 5.46. The van der Waals surface area contributed by atoms with Gasteiger partial charge < -0.3 is 4.74 Å². The molecule has 0 saturated carbocycles. The van der Waals surface area contributed by atoms with E-state index < -0.39 is 8.07 Å². The first-order chi connectivity index (χ1) is 9.45. The van der Waals surface area contributed by atoms with E-state index in [9.17, 15) is 4.79 Å². The Kier molecular flexibility index (Phi) is 6.28. The molecule has 0 amide bonds. The van der Waals surface area contributed by atoms with Gasteiger partial charge in [-0.05, 0) is 12.0 Å². The molecule has 20 heavy (non-hydrogen) atoms. The zero-order valence-electron chi connectivity index (χ0n) is 12.2. The smallest absolute Gasteiger partial charge is 0.302 e. The second-order valence-electron chi connectivity index (χ2n) is 5.45. The second-order valence-corrected chi connectivity index (χ2v) is 10.3. The summed E-state index contributed by atoms with van der Waals surface area (Å²) in [5.41, 5.74) is 8.58. The molecule has 5 nitrogen and oxygen atoms in total. The SMILES string of the molecule is CC(=O)OCC(CC[Si](C)(C)c1ccccc1)N=[N+]=[N-]. The van der Waals surface area contributed by atoms with Crippen LogP contribution in [0.2, 0.25) is 19.1 Å². The first kappa shape index (κ1) is 16.3. The number of azide groups is 1. The summed E-state index contributed by atoms with van der Waals surface area (Å²) in [7, 11) is -1.55. The summed E-state index contributed by atoms with van der Waals surface area (Å²) in [6, 6.07) is 11.1. The fourth-order valence-corrected chi connectivity index (χ4v) is 4.46. The Bertz CT molecular complexity index is 484. The Morgan fingerprint density at radius 2 is 2.05 bits per heavy atom. The minimum absolute atomic E-state index is 0.165. The maximum atomic E-state index is 10.8. The van der Waals surface area contributed by atoms with Crippen LogP contribution in [0.15, 0.2) is 35.4 Å². The molecule has 1 unspecified atom stereocenters. The molecule has 0 aliphatic heterocycles. The van der Waals surface area contributed by atoms with E-state index in [-0.39, 0.29) is 18.6 Å². The topological polar surface area (TPSA) is 75.1 Å². The van der Waals surface area contributed by atoms with Crippen molar-refractivity contribution in [3.05, 3.63) is 40.8 Å². The van der Waals surface area contributed by atoms with Gasteiger partial charge in [0.2, 0.25) is 0 Å². The minimum atomic E-state index is -1.55. The van der Waals surface area contributed by atoms with Crippen molar-refractivity contribution < 1.29 is 9.53 Å². The molecule has 1 aromatic carbocycles. The molecule has 0 bridgehead atoms. The van der Waals surface area contributed by atoms with Crippen LogP contribution in [0.4, 0.5) is 0 Å². The van der Waals surface area contributed by atoms with Crippen LogP contribution in [0.5, 0.6) is 0 Å². The van der Waals surface area contributed by atoms with Crippen LogP contribution in [0.1, 0.15) is 13.3 Å². The predicted molar refractivity (Wildman–Crippen MR) is 82.5 cm³/mol. The molecule has 0 spiro atoms. The Labute approximate surface area is 120 Å². The predicted octanol–water partition coefficient (Wildman–Crippen LogP) is 3.23. The Balaban J connectivity index is 2.62. The van der Waals surface area contributed by atoms with Crippen LogP contribution in [0.25, 0.3) is 10.4 Å². The summed E-state index contributed by atoms with van der Waals surface area (Å²) in [6.45, 7) is 6.11. The number of hydrogen-bond donors (Lipinski definition) is 0. The van der Waals surface area contributed by atoms with Crippen molar-refractivity contribution in [2.24, 2.45) is 5.11 Å². The molecular formula is C14H21N3O2Si. The zero-order valence-corrected chi connectivity index (χ0v) is 13.2. The fraction of sp³-hybridized carbons (Fsp3) is 0.500. The normalized spacial score (nSPS) is 12.3. The highest BCUT2D eigenvalue weighted by atomic mass is 28.3. The number of carbonyl (C=O) groups is 1. The lowest BCUT2D eigenvalue weighted by molar-refractivity contribution is -0.141. The lowest BCUT2D eigenvalue weighted by Crippen LogP contribution is -2.41. The van der Waals surface area contributed by atoms with E-state index in [4.69, 9.17) is 10.3 Å². The Morgan fingerprint density at radius 1 is 1.40 bits per heavy atom. The number of benzene rings is 1. The van der Waals surface area contributed by atoms with Gasteiger partial charge in [0, 0.05) is 11.8 Å². The fourth-order valence-electron chi connectivity index (χ4n) is 2.02. The standard InChI is InChI=1S/C14H21N3O2Si/c1-12(18)19-11-13(16-17-15)9-10-20(2,3)14-7-5-4-6-8-14/h4-8,13H,9-11H2,1-3H3. The Hall–Kier alpha value is -1.78. The highest BCUT2D eigenvalue weighted by molar-refractivity contribution is 6.89. The third-order valence-electron chi connectivity index (χ3n) is 3.35. The molecule has 0 saturated heterocycles. The van der Waals surface area contributed by atoms with Gasteiger partial charge in [0.25, 0.3) is 0 Å². The van der Waals surface area contributed by atoms with Crippen molar-refractivity contribution in [3.8, 4) is 0 Å². The Morgan fingerprint density at radius 3 is 2.60 bits per heavy atom. The molecule has 0 N–H and O–H groups in total. The summed E-state index contributed by atoms with van der Waals surface area (Å²) in [4.78, 5) is 13.7. The van der Waals surface area contributed by atoms with E-state index in [1.165, 1.54) is 12.1 Å². The van der Waals surface area contributed by atoms with Gasteiger partial charge in [-0.1, -0.05) is 59.8 Å². The quantitative estimate of drug-likeness (QED) is 0.254. The molecule has 1 rings (SSSR count). The van der Waals surface area contributed by atoms with Gasteiger partial charge in [-0.3, -0.25) is 4.79 Å². The molecular weight excluding hydrogens is 270 g/mol. The van der Waals surface area contributed by atoms with Gasteiger partial charge in [-0.2, -0.15) is 0 Å². The average Bonchev–Trinajstić information content (AvgIpc) is 2.43. The summed E-state index contributed by atoms with van der Waals surface area (Å²) >= 11 is 0. The molecule has 0 radical (unpaired) electrons. The van der Waals surface area contributed by atoms with Gasteiger partial charge in [-0.25, -0.2) is 0 Å². The van der Waals surface area contributed by atoms with Crippen molar-refractivity contribution in [2.75, 3.05) is 6.61 Å². The molecule has 6 heteroatoms. The highest BCUT2D eigenvalue weighted by Gasteiger charge is 2.24. The largest absolute Gasteiger partial charge is 0.465 e. The summed E-state index contributed by atoms with van der Waals surface area (Å²) in [5.74, 6) is -0.345. The van der Waals surface area contributed by atoms with Crippen LogP contribution in [0, 0.1) is 0 Å². The lowest BCUT2D eigenvalue weighted by Gasteiger charge is -2.24. The molecule has 0 aromatic heterocycles. The van der Waals surface area contributed by atoms with Crippen LogP contribution < -0.4 is 5.19 Å². The van der Waals surface area contributed by atoms with Crippen LogP contribution in [0.3, 0.4) is 0 Å². The van der Waals surface area contributed by atoms with Crippen molar-refractivity contribution in [1.29, 1.82) is 0 Å². The van der Waals surface area contributed by atoms with Crippen LogP contribution in [-0.4, -0.2) is 26.7 Å². The maximum Gasteiger partial charge on any atom is 0.302 e. The molecule has 0 fully saturated rings. The van der Waals surface area contributed by atoms with Crippen molar-refractivity contribution in [3.63, 3.8) is 0 Å². The van der Waals surface area contributed by atoms with E-state index in [1.807, 2.05) is 18.2 Å². The molecule has 0 aliphatic carbocycles. The first-order valence-electron chi connectivity index (χ1n) is 6.69. The van der Waals surface area contributed by atoms with E-state index >= 15 is 0 Å². The van der Waals surface area contributed by atoms with E-state index in [0.717, 1.165) is 12.5 Å². The first-order valence-corrected chi connectivity index (χ1v) is 9.89. The highest BCUT2D eigenvalue weighted by Crippen LogP contribution is 2.16. The van der Waals surface area contributed by atoms with E-state index in [2.05, 4.69) is 35.3 Å². The number of nitrogens with zero attached hydrogens (tertiary/aromatic N) is 3.